The predicted molar refractivity (Wildman–Crippen MR) is 79.5 cm³/mol. The third-order valence-electron chi connectivity index (χ3n) is 3.64. The molecule has 0 saturated heterocycles. The first kappa shape index (κ1) is 13.3. The number of fused-ring (bicyclic) bond motifs is 1. The number of carboxylic acids is 1. The summed E-state index contributed by atoms with van der Waals surface area (Å²) >= 11 is 0. The van der Waals surface area contributed by atoms with Crippen LogP contribution in [0, 0.1) is 6.92 Å². The van der Waals surface area contributed by atoms with E-state index in [4.69, 9.17) is 5.11 Å². The van der Waals surface area contributed by atoms with Gasteiger partial charge in [-0.25, -0.2) is 9.48 Å². The molecule has 0 bridgehead atoms. The van der Waals surface area contributed by atoms with Crippen LogP contribution in [0.25, 0.3) is 11.0 Å². The van der Waals surface area contributed by atoms with Crippen LogP contribution in [0.3, 0.4) is 0 Å². The summed E-state index contributed by atoms with van der Waals surface area (Å²) < 4.78 is 1.81. The second-order valence-electron chi connectivity index (χ2n) is 5.13. The lowest BCUT2D eigenvalue weighted by molar-refractivity contribution is 0.0697. The molecule has 0 saturated carbocycles. The standard InChI is InChI=1S/C16H15N3O2/c1-10-3-5-12(6-4-10)11(2)19-15-8-7-13(16(20)21)9-14(15)17-18-19/h3-9,11H,1-2H3,(H,20,21). The van der Waals surface area contributed by atoms with E-state index in [-0.39, 0.29) is 11.6 Å². The van der Waals surface area contributed by atoms with Gasteiger partial charge in [0.2, 0.25) is 0 Å². The second kappa shape index (κ2) is 5.01. The van der Waals surface area contributed by atoms with Gasteiger partial charge in [-0.15, -0.1) is 5.10 Å². The van der Waals surface area contributed by atoms with Crippen LogP contribution >= 0.6 is 0 Å². The molecule has 1 atom stereocenters. The minimum Gasteiger partial charge on any atom is -0.478 e. The quantitative estimate of drug-likeness (QED) is 0.801. The Bertz CT molecular complexity index is 806. The molecule has 0 spiro atoms. The van der Waals surface area contributed by atoms with Gasteiger partial charge in [0.25, 0.3) is 0 Å². The van der Waals surface area contributed by atoms with Gasteiger partial charge in [0.05, 0.1) is 17.1 Å². The van der Waals surface area contributed by atoms with Crippen molar-refractivity contribution in [3.05, 3.63) is 59.2 Å². The molecule has 0 fully saturated rings. The van der Waals surface area contributed by atoms with E-state index in [2.05, 4.69) is 34.6 Å². The summed E-state index contributed by atoms with van der Waals surface area (Å²) in [7, 11) is 0. The fourth-order valence-corrected chi connectivity index (χ4v) is 2.35. The summed E-state index contributed by atoms with van der Waals surface area (Å²) in [5.74, 6) is -0.960. The van der Waals surface area contributed by atoms with E-state index in [1.54, 1.807) is 18.2 Å². The molecular weight excluding hydrogens is 266 g/mol. The van der Waals surface area contributed by atoms with Gasteiger partial charge in [-0.3, -0.25) is 0 Å². The zero-order valence-electron chi connectivity index (χ0n) is 11.8. The zero-order valence-corrected chi connectivity index (χ0v) is 11.8. The van der Waals surface area contributed by atoms with Gasteiger partial charge < -0.3 is 5.11 Å². The minimum atomic E-state index is -0.960. The highest BCUT2D eigenvalue weighted by molar-refractivity contribution is 5.92. The highest BCUT2D eigenvalue weighted by atomic mass is 16.4. The molecule has 3 rings (SSSR count). The van der Waals surface area contributed by atoms with Crippen molar-refractivity contribution in [3.63, 3.8) is 0 Å². The maximum Gasteiger partial charge on any atom is 0.335 e. The zero-order chi connectivity index (χ0) is 15.0. The van der Waals surface area contributed by atoms with Gasteiger partial charge in [0.15, 0.2) is 0 Å². The van der Waals surface area contributed by atoms with Crippen LogP contribution in [0.1, 0.15) is 34.5 Å². The van der Waals surface area contributed by atoms with E-state index in [1.165, 1.54) is 5.56 Å². The molecule has 5 nitrogen and oxygen atoms in total. The highest BCUT2D eigenvalue weighted by Crippen LogP contribution is 2.22. The normalized spacial score (nSPS) is 12.5. The third kappa shape index (κ3) is 2.38. The third-order valence-corrected chi connectivity index (χ3v) is 3.64. The van der Waals surface area contributed by atoms with Crippen LogP contribution in [0.2, 0.25) is 0 Å². The van der Waals surface area contributed by atoms with Crippen LogP contribution in [0.15, 0.2) is 42.5 Å². The lowest BCUT2D eigenvalue weighted by atomic mass is 10.1. The second-order valence-corrected chi connectivity index (χ2v) is 5.13. The molecule has 106 valence electrons. The Balaban J connectivity index is 2.04. The topological polar surface area (TPSA) is 68.0 Å². The van der Waals surface area contributed by atoms with Crippen molar-refractivity contribution in [2.24, 2.45) is 0 Å². The van der Waals surface area contributed by atoms with Crippen molar-refractivity contribution in [2.75, 3.05) is 0 Å². The number of hydrogen-bond donors (Lipinski definition) is 1. The molecule has 1 heterocycles. The summed E-state index contributed by atoms with van der Waals surface area (Å²) in [6.07, 6.45) is 0. The maximum atomic E-state index is 11.0. The first-order valence-electron chi connectivity index (χ1n) is 6.71. The molecule has 0 aliphatic heterocycles. The molecule has 3 aromatic rings. The molecule has 0 aliphatic rings. The number of aromatic nitrogens is 3. The highest BCUT2D eigenvalue weighted by Gasteiger charge is 2.14. The first-order valence-corrected chi connectivity index (χ1v) is 6.71. The average molecular weight is 281 g/mol. The number of benzene rings is 2. The molecule has 5 heteroatoms. The molecule has 21 heavy (non-hydrogen) atoms. The van der Waals surface area contributed by atoms with Crippen molar-refractivity contribution in [1.82, 2.24) is 15.0 Å². The fourth-order valence-electron chi connectivity index (χ4n) is 2.35. The van der Waals surface area contributed by atoms with Crippen LogP contribution < -0.4 is 0 Å². The number of aryl methyl sites for hydroxylation is 1. The number of aromatic carboxylic acids is 1. The van der Waals surface area contributed by atoms with Crippen molar-refractivity contribution in [2.45, 2.75) is 19.9 Å². The van der Waals surface area contributed by atoms with Gasteiger partial charge in [0.1, 0.15) is 5.52 Å². The van der Waals surface area contributed by atoms with Crippen LogP contribution in [-0.4, -0.2) is 26.1 Å². The SMILES string of the molecule is Cc1ccc(C(C)n2nnc3cc(C(=O)O)ccc32)cc1. The van der Waals surface area contributed by atoms with E-state index < -0.39 is 5.97 Å². The minimum absolute atomic E-state index is 0.0336. The largest absolute Gasteiger partial charge is 0.478 e. The van der Waals surface area contributed by atoms with E-state index in [0.717, 1.165) is 11.1 Å². The summed E-state index contributed by atoms with van der Waals surface area (Å²) in [5.41, 5.74) is 3.98. The lowest BCUT2D eigenvalue weighted by Crippen LogP contribution is -2.08. The Hall–Kier alpha value is -2.69. The van der Waals surface area contributed by atoms with Gasteiger partial charge in [-0.1, -0.05) is 35.0 Å². The average Bonchev–Trinajstić information content (AvgIpc) is 2.90. The molecular formula is C16H15N3O2. The summed E-state index contributed by atoms with van der Waals surface area (Å²) in [5, 5.41) is 17.3. The van der Waals surface area contributed by atoms with E-state index >= 15 is 0 Å². The summed E-state index contributed by atoms with van der Waals surface area (Å²) in [6, 6.07) is 13.2. The van der Waals surface area contributed by atoms with Crippen molar-refractivity contribution >= 4 is 17.0 Å². The van der Waals surface area contributed by atoms with Gasteiger partial charge in [0, 0.05) is 0 Å². The number of hydrogen-bond acceptors (Lipinski definition) is 3. The van der Waals surface area contributed by atoms with Gasteiger partial charge in [-0.2, -0.15) is 0 Å². The molecule has 0 radical (unpaired) electrons. The molecule has 0 aliphatic carbocycles. The maximum absolute atomic E-state index is 11.0. The lowest BCUT2D eigenvalue weighted by Gasteiger charge is -2.13. The van der Waals surface area contributed by atoms with Gasteiger partial charge >= 0.3 is 5.97 Å². The van der Waals surface area contributed by atoms with E-state index in [0.29, 0.717) is 5.52 Å². The van der Waals surface area contributed by atoms with Crippen LogP contribution in [0.4, 0.5) is 0 Å². The van der Waals surface area contributed by atoms with Crippen LogP contribution in [0.5, 0.6) is 0 Å². The molecule has 0 amide bonds. The Morgan fingerprint density at radius 1 is 1.19 bits per heavy atom. The first-order chi connectivity index (χ1) is 10.1. The Kier molecular flexibility index (Phi) is 3.17. The monoisotopic (exact) mass is 281 g/mol. The predicted octanol–water partition coefficient (Wildman–Crippen LogP) is 3.05. The molecule has 1 N–H and O–H groups in total. The summed E-state index contributed by atoms with van der Waals surface area (Å²) in [6.45, 7) is 4.09. The fraction of sp³-hybridized carbons (Fsp3) is 0.188. The Morgan fingerprint density at radius 3 is 2.57 bits per heavy atom. The Labute approximate surface area is 121 Å². The van der Waals surface area contributed by atoms with Crippen LogP contribution in [-0.2, 0) is 0 Å². The number of carbonyl (C=O) groups is 1. The number of nitrogens with zero attached hydrogens (tertiary/aromatic N) is 3. The van der Waals surface area contributed by atoms with Crippen molar-refractivity contribution in [3.8, 4) is 0 Å². The van der Waals surface area contributed by atoms with E-state index in [9.17, 15) is 4.79 Å². The van der Waals surface area contributed by atoms with Gasteiger partial charge in [-0.05, 0) is 37.6 Å². The Morgan fingerprint density at radius 2 is 1.90 bits per heavy atom. The number of rotatable bonds is 3. The number of carboxylic acid groups (broad SMARTS) is 1. The summed E-state index contributed by atoms with van der Waals surface area (Å²) in [4.78, 5) is 11.0. The van der Waals surface area contributed by atoms with Crippen molar-refractivity contribution in [1.29, 1.82) is 0 Å². The molecule has 1 unspecified atom stereocenters. The van der Waals surface area contributed by atoms with E-state index in [1.807, 2.05) is 18.5 Å². The van der Waals surface area contributed by atoms with Crippen molar-refractivity contribution < 1.29 is 9.90 Å². The smallest absolute Gasteiger partial charge is 0.335 e. The molecule has 1 aromatic heterocycles. The molecule has 2 aromatic carbocycles.